The normalized spacial score (nSPS) is 10.8. The first-order chi connectivity index (χ1) is 10.8. The van der Waals surface area contributed by atoms with Gasteiger partial charge in [0.25, 0.3) is 0 Å². The maximum atomic E-state index is 12.2. The smallest absolute Gasteiger partial charge is 0.229 e. The van der Waals surface area contributed by atoms with E-state index in [0.29, 0.717) is 6.42 Å². The SMILES string of the molecule is CCSc1nc2ccccc2cc1NC(=O)Cc1cccs1. The highest BCUT2D eigenvalue weighted by molar-refractivity contribution is 7.99. The number of pyridine rings is 1. The summed E-state index contributed by atoms with van der Waals surface area (Å²) in [5.74, 6) is 0.913. The maximum Gasteiger partial charge on any atom is 0.229 e. The predicted octanol–water partition coefficient (Wildman–Crippen LogP) is 4.59. The Kier molecular flexibility index (Phi) is 4.75. The van der Waals surface area contributed by atoms with Crippen molar-refractivity contribution in [1.29, 1.82) is 0 Å². The van der Waals surface area contributed by atoms with Gasteiger partial charge >= 0.3 is 0 Å². The highest BCUT2D eigenvalue weighted by Gasteiger charge is 2.11. The number of nitrogens with one attached hydrogen (secondary N) is 1. The van der Waals surface area contributed by atoms with Crippen molar-refractivity contribution in [2.45, 2.75) is 18.4 Å². The molecule has 0 aliphatic rings. The molecule has 0 fully saturated rings. The molecule has 1 amide bonds. The predicted molar refractivity (Wildman–Crippen MR) is 94.8 cm³/mol. The number of carbonyl (C=O) groups is 1. The number of fused-ring (bicyclic) bond motifs is 1. The number of benzene rings is 1. The lowest BCUT2D eigenvalue weighted by atomic mass is 10.2. The number of carbonyl (C=O) groups excluding carboxylic acids is 1. The minimum Gasteiger partial charge on any atom is -0.323 e. The molecule has 3 rings (SSSR count). The van der Waals surface area contributed by atoms with Crippen molar-refractivity contribution in [2.24, 2.45) is 0 Å². The second kappa shape index (κ2) is 6.94. The number of para-hydroxylation sites is 1. The van der Waals surface area contributed by atoms with Gasteiger partial charge in [0.05, 0.1) is 17.6 Å². The Morgan fingerprint density at radius 3 is 2.91 bits per heavy atom. The minimum atomic E-state index is -0.00233. The number of thiophene rings is 1. The van der Waals surface area contributed by atoms with Crippen LogP contribution >= 0.6 is 23.1 Å². The van der Waals surface area contributed by atoms with Gasteiger partial charge in [0, 0.05) is 10.3 Å². The largest absolute Gasteiger partial charge is 0.323 e. The van der Waals surface area contributed by atoms with E-state index < -0.39 is 0 Å². The number of nitrogens with zero attached hydrogens (tertiary/aromatic N) is 1. The summed E-state index contributed by atoms with van der Waals surface area (Å²) in [7, 11) is 0. The van der Waals surface area contributed by atoms with E-state index in [4.69, 9.17) is 0 Å². The zero-order chi connectivity index (χ0) is 15.4. The fourth-order valence-corrected chi connectivity index (χ4v) is 3.61. The van der Waals surface area contributed by atoms with Crippen molar-refractivity contribution < 1.29 is 4.79 Å². The van der Waals surface area contributed by atoms with Crippen LogP contribution in [0.1, 0.15) is 11.8 Å². The summed E-state index contributed by atoms with van der Waals surface area (Å²) < 4.78 is 0. The summed E-state index contributed by atoms with van der Waals surface area (Å²) in [5, 5.41) is 6.91. The molecule has 0 unspecified atom stereocenters. The van der Waals surface area contributed by atoms with Crippen LogP contribution in [-0.2, 0) is 11.2 Å². The molecule has 2 heterocycles. The van der Waals surface area contributed by atoms with Gasteiger partial charge in [-0.15, -0.1) is 23.1 Å². The zero-order valence-corrected chi connectivity index (χ0v) is 13.8. The van der Waals surface area contributed by atoms with Crippen molar-refractivity contribution in [3.8, 4) is 0 Å². The van der Waals surface area contributed by atoms with E-state index >= 15 is 0 Å². The summed E-state index contributed by atoms with van der Waals surface area (Å²) in [6, 6.07) is 13.9. The number of anilines is 1. The Morgan fingerprint density at radius 1 is 1.27 bits per heavy atom. The van der Waals surface area contributed by atoms with E-state index in [-0.39, 0.29) is 5.91 Å². The van der Waals surface area contributed by atoms with Crippen LogP contribution < -0.4 is 5.32 Å². The molecule has 3 nitrogen and oxygen atoms in total. The first-order valence-corrected chi connectivity index (χ1v) is 8.97. The van der Waals surface area contributed by atoms with Crippen LogP contribution in [0.3, 0.4) is 0 Å². The molecule has 1 N–H and O–H groups in total. The molecule has 0 saturated carbocycles. The second-order valence-electron chi connectivity index (χ2n) is 4.77. The van der Waals surface area contributed by atoms with Crippen molar-refractivity contribution in [3.63, 3.8) is 0 Å². The second-order valence-corrected chi connectivity index (χ2v) is 7.06. The first-order valence-electron chi connectivity index (χ1n) is 7.11. The van der Waals surface area contributed by atoms with Gasteiger partial charge in [0.1, 0.15) is 5.03 Å². The topological polar surface area (TPSA) is 42.0 Å². The minimum absolute atomic E-state index is 0.00233. The molecule has 112 valence electrons. The molecule has 0 spiro atoms. The van der Waals surface area contributed by atoms with Crippen LogP contribution in [0.15, 0.2) is 52.9 Å². The molecule has 5 heteroatoms. The van der Waals surface area contributed by atoms with Gasteiger partial charge in [-0.25, -0.2) is 4.98 Å². The van der Waals surface area contributed by atoms with Crippen LogP contribution in [0.25, 0.3) is 10.9 Å². The van der Waals surface area contributed by atoms with Gasteiger partial charge in [-0.05, 0) is 29.3 Å². The Hall–Kier alpha value is -1.85. The summed E-state index contributed by atoms with van der Waals surface area (Å²) in [6.07, 6.45) is 0.403. The van der Waals surface area contributed by atoms with E-state index in [9.17, 15) is 4.79 Å². The molecule has 0 atom stereocenters. The number of hydrogen-bond donors (Lipinski definition) is 1. The molecule has 22 heavy (non-hydrogen) atoms. The molecular weight excluding hydrogens is 312 g/mol. The van der Waals surface area contributed by atoms with Crippen LogP contribution in [0.2, 0.25) is 0 Å². The van der Waals surface area contributed by atoms with Crippen LogP contribution in [0.5, 0.6) is 0 Å². The maximum absolute atomic E-state index is 12.2. The fourth-order valence-electron chi connectivity index (χ4n) is 2.20. The van der Waals surface area contributed by atoms with Gasteiger partial charge in [0.2, 0.25) is 5.91 Å². The summed E-state index contributed by atoms with van der Waals surface area (Å²) >= 11 is 3.24. The number of aromatic nitrogens is 1. The summed E-state index contributed by atoms with van der Waals surface area (Å²) in [5.41, 5.74) is 1.75. The number of amides is 1. The molecular formula is C17H16N2OS2. The molecule has 0 aliphatic heterocycles. The van der Waals surface area contributed by atoms with Gasteiger partial charge in [-0.2, -0.15) is 0 Å². The molecule has 0 saturated heterocycles. The summed E-state index contributed by atoms with van der Waals surface area (Å²) in [6.45, 7) is 2.08. The molecule has 2 aromatic heterocycles. The van der Waals surface area contributed by atoms with Gasteiger partial charge in [0.15, 0.2) is 0 Å². The van der Waals surface area contributed by atoms with Crippen molar-refractivity contribution >= 4 is 45.6 Å². The molecule has 0 bridgehead atoms. The molecule has 0 aliphatic carbocycles. The third-order valence-electron chi connectivity index (χ3n) is 3.16. The Morgan fingerprint density at radius 2 is 2.14 bits per heavy atom. The lowest BCUT2D eigenvalue weighted by Gasteiger charge is -2.11. The molecule has 3 aromatic rings. The zero-order valence-electron chi connectivity index (χ0n) is 12.2. The lowest BCUT2D eigenvalue weighted by Crippen LogP contribution is -2.14. The average Bonchev–Trinajstić information content (AvgIpc) is 3.01. The van der Waals surface area contributed by atoms with E-state index in [2.05, 4.69) is 17.2 Å². The van der Waals surface area contributed by atoms with Gasteiger partial charge < -0.3 is 5.32 Å². The Bertz CT molecular complexity index is 784. The van der Waals surface area contributed by atoms with Gasteiger partial charge in [-0.1, -0.05) is 31.2 Å². The van der Waals surface area contributed by atoms with Crippen molar-refractivity contribution in [1.82, 2.24) is 4.98 Å². The van der Waals surface area contributed by atoms with Gasteiger partial charge in [-0.3, -0.25) is 4.79 Å². The lowest BCUT2D eigenvalue weighted by molar-refractivity contribution is -0.115. The van der Waals surface area contributed by atoms with Crippen LogP contribution in [-0.4, -0.2) is 16.6 Å². The van der Waals surface area contributed by atoms with Crippen LogP contribution in [0.4, 0.5) is 5.69 Å². The highest BCUT2D eigenvalue weighted by Crippen LogP contribution is 2.29. The number of hydrogen-bond acceptors (Lipinski definition) is 4. The van der Waals surface area contributed by atoms with E-state index in [1.54, 1.807) is 23.1 Å². The Balaban J connectivity index is 1.87. The van der Waals surface area contributed by atoms with E-state index in [1.165, 1.54) is 0 Å². The standard InChI is InChI=1S/C17H16N2OS2/c1-2-21-17-15(10-12-6-3-4-8-14(12)19-17)18-16(20)11-13-7-5-9-22-13/h3-10H,2,11H2,1H3,(H,18,20). The third-order valence-corrected chi connectivity index (χ3v) is 4.91. The van der Waals surface area contributed by atoms with E-state index in [0.717, 1.165) is 32.2 Å². The monoisotopic (exact) mass is 328 g/mol. The van der Waals surface area contributed by atoms with Crippen molar-refractivity contribution in [3.05, 3.63) is 52.7 Å². The molecule has 1 aromatic carbocycles. The fraction of sp³-hybridized carbons (Fsp3) is 0.176. The highest BCUT2D eigenvalue weighted by atomic mass is 32.2. The summed E-state index contributed by atoms with van der Waals surface area (Å²) in [4.78, 5) is 18.0. The van der Waals surface area contributed by atoms with Crippen molar-refractivity contribution in [2.75, 3.05) is 11.1 Å². The first kappa shape index (κ1) is 15.1. The Labute approximate surface area is 137 Å². The van der Waals surface area contributed by atoms with E-state index in [1.807, 2.05) is 47.8 Å². The number of thioether (sulfide) groups is 1. The quantitative estimate of drug-likeness (QED) is 0.697. The third kappa shape index (κ3) is 3.48. The van der Waals surface area contributed by atoms with Crippen LogP contribution in [0, 0.1) is 0 Å². The number of rotatable bonds is 5. The average molecular weight is 328 g/mol. The molecule has 0 radical (unpaired) electrons.